The number of rotatable bonds is 3. The molecule has 0 bridgehead atoms. The number of nitrogens with zero attached hydrogens (tertiary/aromatic N) is 1. The smallest absolute Gasteiger partial charge is 0.336 e. The van der Waals surface area contributed by atoms with E-state index in [2.05, 4.69) is 0 Å². The van der Waals surface area contributed by atoms with Crippen molar-refractivity contribution < 1.29 is 24.3 Å². The quantitative estimate of drug-likeness (QED) is 0.681. The van der Waals surface area contributed by atoms with Crippen molar-refractivity contribution in [3.05, 3.63) is 39.9 Å². The molecule has 0 aromatic heterocycles. The van der Waals surface area contributed by atoms with Gasteiger partial charge in [0.1, 0.15) is 6.10 Å². The molecule has 3 rings (SSSR count). The number of hydrogen-bond acceptors (Lipinski definition) is 5. The monoisotopic (exact) mass is 307 g/mol. The highest BCUT2D eigenvalue weighted by molar-refractivity contribution is 5.74. The van der Waals surface area contributed by atoms with E-state index >= 15 is 0 Å². The number of hydrogen-bond donors (Lipinski definition) is 1. The molecular formula is C15H17NO6. The van der Waals surface area contributed by atoms with Crippen LogP contribution in [0.2, 0.25) is 0 Å². The van der Waals surface area contributed by atoms with E-state index in [4.69, 9.17) is 9.47 Å². The van der Waals surface area contributed by atoms with Crippen molar-refractivity contribution in [1.82, 2.24) is 0 Å². The summed E-state index contributed by atoms with van der Waals surface area (Å²) in [6.45, 7) is 0. The number of ether oxygens (including phenoxy) is 2. The summed E-state index contributed by atoms with van der Waals surface area (Å²) in [6.07, 6.45) is 1.91. The molecule has 118 valence electrons. The molecule has 0 unspecified atom stereocenters. The number of nitro groups is 1. The van der Waals surface area contributed by atoms with E-state index in [0.29, 0.717) is 12.8 Å². The molecule has 1 saturated heterocycles. The summed E-state index contributed by atoms with van der Waals surface area (Å²) in [5, 5.41) is 20.6. The number of carboxylic acids is 1. The Balaban J connectivity index is 1.97. The van der Waals surface area contributed by atoms with Crippen LogP contribution in [0.5, 0.6) is 0 Å². The molecule has 1 saturated carbocycles. The predicted molar refractivity (Wildman–Crippen MR) is 75.2 cm³/mol. The van der Waals surface area contributed by atoms with Gasteiger partial charge in [-0.2, -0.15) is 0 Å². The Labute approximate surface area is 127 Å². The summed E-state index contributed by atoms with van der Waals surface area (Å²) in [6, 6.07) is 6.06. The van der Waals surface area contributed by atoms with Crippen molar-refractivity contribution in [3.63, 3.8) is 0 Å². The minimum Gasteiger partial charge on any atom is -0.479 e. The third-order valence-corrected chi connectivity index (χ3v) is 4.26. The maximum Gasteiger partial charge on any atom is 0.336 e. The number of carbonyl (C=O) groups is 1. The van der Waals surface area contributed by atoms with Gasteiger partial charge in [-0.25, -0.2) is 4.79 Å². The zero-order valence-corrected chi connectivity index (χ0v) is 11.9. The first kappa shape index (κ1) is 14.9. The summed E-state index contributed by atoms with van der Waals surface area (Å²) in [5.41, 5.74) is 0.109. The average Bonchev–Trinajstić information content (AvgIpc) is 2.87. The molecule has 1 aliphatic heterocycles. The van der Waals surface area contributed by atoms with Crippen LogP contribution < -0.4 is 0 Å². The number of para-hydroxylation sites is 1. The van der Waals surface area contributed by atoms with Gasteiger partial charge in [0.25, 0.3) is 5.69 Å². The van der Waals surface area contributed by atoms with Crippen molar-refractivity contribution in [2.75, 3.05) is 0 Å². The van der Waals surface area contributed by atoms with E-state index in [-0.39, 0.29) is 11.3 Å². The van der Waals surface area contributed by atoms with Crippen LogP contribution in [0.25, 0.3) is 0 Å². The summed E-state index contributed by atoms with van der Waals surface area (Å²) in [4.78, 5) is 22.2. The van der Waals surface area contributed by atoms with Crippen LogP contribution in [0.1, 0.15) is 43.8 Å². The minimum absolute atomic E-state index is 0.143. The van der Waals surface area contributed by atoms with Gasteiger partial charge < -0.3 is 14.6 Å². The Kier molecular flexibility index (Phi) is 3.84. The van der Waals surface area contributed by atoms with E-state index < -0.39 is 28.9 Å². The summed E-state index contributed by atoms with van der Waals surface area (Å²) < 4.78 is 11.6. The van der Waals surface area contributed by atoms with Crippen LogP contribution in [-0.2, 0) is 14.3 Å². The molecule has 1 spiro atoms. The molecule has 22 heavy (non-hydrogen) atoms. The number of benzene rings is 1. The number of nitro benzene ring substituents is 1. The van der Waals surface area contributed by atoms with Gasteiger partial charge in [-0.1, -0.05) is 18.6 Å². The second-order valence-electron chi connectivity index (χ2n) is 5.70. The fourth-order valence-corrected chi connectivity index (χ4v) is 3.24. The molecule has 7 nitrogen and oxygen atoms in total. The van der Waals surface area contributed by atoms with Crippen molar-refractivity contribution >= 4 is 11.7 Å². The molecule has 1 aliphatic carbocycles. The first-order valence-corrected chi connectivity index (χ1v) is 7.34. The highest BCUT2D eigenvalue weighted by Crippen LogP contribution is 2.47. The van der Waals surface area contributed by atoms with Crippen molar-refractivity contribution in [1.29, 1.82) is 0 Å². The Morgan fingerprint density at radius 3 is 2.55 bits per heavy atom. The lowest BCUT2D eigenvalue weighted by molar-refractivity contribution is -0.386. The number of aliphatic carboxylic acids is 1. The fourth-order valence-electron chi connectivity index (χ4n) is 3.24. The topological polar surface area (TPSA) is 98.9 Å². The average molecular weight is 307 g/mol. The summed E-state index contributed by atoms with van der Waals surface area (Å²) in [7, 11) is 0. The van der Waals surface area contributed by atoms with Gasteiger partial charge in [0.05, 0.1) is 10.5 Å². The van der Waals surface area contributed by atoms with Gasteiger partial charge in [-0.15, -0.1) is 0 Å². The van der Waals surface area contributed by atoms with Gasteiger partial charge in [-0.05, 0) is 18.9 Å². The molecule has 0 amide bonds. The lowest BCUT2D eigenvalue weighted by atomic mass is 9.94. The van der Waals surface area contributed by atoms with Gasteiger partial charge in [-0.3, -0.25) is 10.1 Å². The second kappa shape index (κ2) is 5.66. The Morgan fingerprint density at radius 2 is 1.91 bits per heavy atom. The molecule has 1 N–H and O–H groups in total. The molecule has 2 aliphatic rings. The van der Waals surface area contributed by atoms with Gasteiger partial charge in [0.15, 0.2) is 11.9 Å². The third-order valence-electron chi connectivity index (χ3n) is 4.26. The maximum absolute atomic E-state index is 11.5. The summed E-state index contributed by atoms with van der Waals surface area (Å²) >= 11 is 0. The van der Waals surface area contributed by atoms with Crippen molar-refractivity contribution in [2.24, 2.45) is 0 Å². The normalized spacial score (nSPS) is 26.9. The molecular weight excluding hydrogens is 290 g/mol. The first-order chi connectivity index (χ1) is 10.5. The zero-order chi connectivity index (χ0) is 15.7. The standard InChI is InChI=1S/C15H17NO6/c17-14(18)13-12(10-6-2-3-7-11(10)16(19)20)21-15(22-13)8-4-1-5-9-15/h2-3,6-7,12-13H,1,4-5,8-9H2,(H,17,18)/t12-,13+/m0/s1. The molecule has 0 radical (unpaired) electrons. The van der Waals surface area contributed by atoms with E-state index in [1.807, 2.05) is 0 Å². The highest BCUT2D eigenvalue weighted by atomic mass is 16.8. The molecule has 1 aromatic rings. The van der Waals surface area contributed by atoms with Gasteiger partial charge in [0.2, 0.25) is 0 Å². The minimum atomic E-state index is -1.22. The first-order valence-electron chi connectivity index (χ1n) is 7.34. The van der Waals surface area contributed by atoms with Crippen molar-refractivity contribution in [3.8, 4) is 0 Å². The van der Waals surface area contributed by atoms with E-state index in [9.17, 15) is 20.0 Å². The van der Waals surface area contributed by atoms with Crippen LogP contribution in [-0.4, -0.2) is 27.9 Å². The van der Waals surface area contributed by atoms with Crippen molar-refractivity contribution in [2.45, 2.75) is 50.1 Å². The molecule has 7 heteroatoms. The Hall–Kier alpha value is -1.99. The summed E-state index contributed by atoms with van der Waals surface area (Å²) in [5.74, 6) is -2.08. The van der Waals surface area contributed by atoms with Crippen LogP contribution in [0.15, 0.2) is 24.3 Å². The van der Waals surface area contributed by atoms with Crippen LogP contribution >= 0.6 is 0 Å². The molecule has 1 aromatic carbocycles. The SMILES string of the molecule is O=C(O)[C@@H]1OC2(CCCCC2)O[C@H]1c1ccccc1[N+](=O)[O-]. The Morgan fingerprint density at radius 1 is 1.23 bits per heavy atom. The fraction of sp³-hybridized carbons (Fsp3) is 0.533. The van der Waals surface area contributed by atoms with Gasteiger partial charge in [0, 0.05) is 18.9 Å². The van der Waals surface area contributed by atoms with E-state index in [0.717, 1.165) is 19.3 Å². The lowest BCUT2D eigenvalue weighted by Crippen LogP contribution is -2.34. The largest absolute Gasteiger partial charge is 0.479 e. The zero-order valence-electron chi connectivity index (χ0n) is 11.9. The maximum atomic E-state index is 11.5. The lowest BCUT2D eigenvalue weighted by Gasteiger charge is -2.31. The van der Waals surface area contributed by atoms with Crippen LogP contribution in [0, 0.1) is 10.1 Å². The molecule has 2 fully saturated rings. The van der Waals surface area contributed by atoms with E-state index in [1.165, 1.54) is 12.1 Å². The highest BCUT2D eigenvalue weighted by Gasteiger charge is 2.52. The van der Waals surface area contributed by atoms with Crippen LogP contribution in [0.4, 0.5) is 5.69 Å². The predicted octanol–water partition coefficient (Wildman–Crippen LogP) is 2.80. The number of carboxylic acid groups (broad SMARTS) is 1. The third kappa shape index (κ3) is 2.57. The molecule has 1 heterocycles. The second-order valence-corrected chi connectivity index (χ2v) is 5.70. The Bertz CT molecular complexity index is 595. The van der Waals surface area contributed by atoms with Gasteiger partial charge >= 0.3 is 5.97 Å². The van der Waals surface area contributed by atoms with Crippen LogP contribution in [0.3, 0.4) is 0 Å². The van der Waals surface area contributed by atoms with E-state index in [1.54, 1.807) is 12.1 Å². The molecule has 2 atom stereocenters.